The van der Waals surface area contributed by atoms with E-state index in [1.165, 1.54) is 11.1 Å². The van der Waals surface area contributed by atoms with Crippen LogP contribution in [0.15, 0.2) is 158 Å². The van der Waals surface area contributed by atoms with Crippen LogP contribution in [-0.2, 0) is 16.1 Å². The SMILES string of the molecule is Cc1ccc(Sc2ccc(C3=C4C(=O)N(Cc5ccccc5)C(c5ccc(Sc6ccc(C)cc6)cc5)=C4C(=O)N3C)cc2)cc1. The van der Waals surface area contributed by atoms with E-state index in [0.29, 0.717) is 29.1 Å². The van der Waals surface area contributed by atoms with Crippen LogP contribution >= 0.6 is 23.5 Å². The van der Waals surface area contributed by atoms with E-state index in [2.05, 4.69) is 86.6 Å². The Morgan fingerprint density at radius 3 is 1.39 bits per heavy atom. The molecule has 0 aliphatic carbocycles. The van der Waals surface area contributed by atoms with Crippen LogP contribution in [0.3, 0.4) is 0 Å². The number of hydrogen-bond acceptors (Lipinski definition) is 4. The fraction of sp³-hybridized carbons (Fsp3) is 0.100. The molecule has 0 unspecified atom stereocenters. The van der Waals surface area contributed by atoms with Crippen LogP contribution in [0, 0.1) is 13.8 Å². The lowest BCUT2D eigenvalue weighted by atomic mass is 10.0. The number of hydrogen-bond donors (Lipinski definition) is 0. The molecule has 2 amide bonds. The first-order valence-corrected chi connectivity index (χ1v) is 16.8. The van der Waals surface area contributed by atoms with Gasteiger partial charge in [-0.05, 0) is 79.1 Å². The third-order valence-electron chi connectivity index (χ3n) is 8.26. The van der Waals surface area contributed by atoms with E-state index in [-0.39, 0.29) is 11.8 Å². The quantitative estimate of drug-likeness (QED) is 0.170. The van der Waals surface area contributed by atoms with Crippen molar-refractivity contribution >= 4 is 46.7 Å². The van der Waals surface area contributed by atoms with Crippen molar-refractivity contribution < 1.29 is 9.59 Å². The topological polar surface area (TPSA) is 40.6 Å². The van der Waals surface area contributed by atoms with E-state index in [1.54, 1.807) is 40.4 Å². The Labute approximate surface area is 278 Å². The van der Waals surface area contributed by atoms with Gasteiger partial charge in [0.2, 0.25) is 0 Å². The molecule has 0 atom stereocenters. The molecule has 0 fully saturated rings. The second kappa shape index (κ2) is 12.5. The summed E-state index contributed by atoms with van der Waals surface area (Å²) in [7, 11) is 1.76. The molecule has 0 saturated carbocycles. The number of amides is 2. The van der Waals surface area contributed by atoms with Crippen molar-refractivity contribution in [2.75, 3.05) is 7.05 Å². The van der Waals surface area contributed by atoms with Crippen molar-refractivity contribution in [1.82, 2.24) is 9.80 Å². The van der Waals surface area contributed by atoms with Crippen molar-refractivity contribution in [2.24, 2.45) is 0 Å². The van der Waals surface area contributed by atoms with Crippen LogP contribution in [0.1, 0.15) is 27.8 Å². The number of rotatable bonds is 8. The Balaban J connectivity index is 1.27. The highest BCUT2D eigenvalue weighted by atomic mass is 32.2. The molecule has 0 bridgehead atoms. The molecule has 2 aliphatic heterocycles. The maximum atomic E-state index is 14.4. The predicted molar refractivity (Wildman–Crippen MR) is 187 cm³/mol. The van der Waals surface area contributed by atoms with Gasteiger partial charge in [-0.15, -0.1) is 0 Å². The van der Waals surface area contributed by atoms with Gasteiger partial charge in [-0.3, -0.25) is 9.59 Å². The van der Waals surface area contributed by atoms with E-state index in [0.717, 1.165) is 36.3 Å². The molecule has 5 aromatic rings. The maximum Gasteiger partial charge on any atom is 0.261 e. The average molecular weight is 637 g/mol. The Kier molecular flexibility index (Phi) is 8.16. The molecular formula is C40H32N2O2S2. The van der Waals surface area contributed by atoms with Crippen LogP contribution in [0.2, 0.25) is 0 Å². The predicted octanol–water partition coefficient (Wildman–Crippen LogP) is 9.24. The zero-order valence-corrected chi connectivity index (χ0v) is 27.5. The molecule has 7 rings (SSSR count). The molecule has 2 aliphatic rings. The third-order valence-corrected chi connectivity index (χ3v) is 10.3. The summed E-state index contributed by atoms with van der Waals surface area (Å²) in [5, 5.41) is 0. The molecule has 0 spiro atoms. The molecule has 5 aromatic carbocycles. The fourth-order valence-electron chi connectivity index (χ4n) is 5.86. The lowest BCUT2D eigenvalue weighted by molar-refractivity contribution is -0.124. The second-order valence-electron chi connectivity index (χ2n) is 11.6. The van der Waals surface area contributed by atoms with Gasteiger partial charge in [-0.1, -0.05) is 114 Å². The highest BCUT2D eigenvalue weighted by molar-refractivity contribution is 7.99. The molecule has 46 heavy (non-hydrogen) atoms. The first-order chi connectivity index (χ1) is 22.4. The largest absolute Gasteiger partial charge is 0.310 e. The molecule has 6 heteroatoms. The average Bonchev–Trinajstić information content (AvgIpc) is 3.50. The van der Waals surface area contributed by atoms with E-state index in [4.69, 9.17) is 0 Å². The first-order valence-electron chi connectivity index (χ1n) is 15.2. The summed E-state index contributed by atoms with van der Waals surface area (Å²) < 4.78 is 0. The summed E-state index contributed by atoms with van der Waals surface area (Å²) >= 11 is 3.38. The smallest absolute Gasteiger partial charge is 0.261 e. The molecule has 0 N–H and O–H groups in total. The summed E-state index contributed by atoms with van der Waals surface area (Å²) in [5.74, 6) is -0.321. The van der Waals surface area contributed by atoms with Crippen LogP contribution in [0.5, 0.6) is 0 Å². The standard InChI is InChI=1S/C40H32N2O2S2/c1-26-9-17-31(18-10-26)45-33-21-13-29(14-22-33)37-35-36(39(43)41(37)3)38(42(40(35)44)25-28-7-5-4-6-8-28)30-15-23-34(24-16-30)46-32-19-11-27(2)12-20-32/h4-24H,25H2,1-3H3. The monoisotopic (exact) mass is 636 g/mol. The highest BCUT2D eigenvalue weighted by Gasteiger charge is 2.47. The Hall–Kier alpha value is -4.78. The van der Waals surface area contributed by atoms with E-state index in [9.17, 15) is 9.59 Å². The molecule has 0 radical (unpaired) electrons. The summed E-state index contributed by atoms with van der Waals surface area (Å²) in [6.07, 6.45) is 0. The van der Waals surface area contributed by atoms with Gasteiger partial charge in [0.15, 0.2) is 0 Å². The van der Waals surface area contributed by atoms with E-state index in [1.807, 2.05) is 54.6 Å². The van der Waals surface area contributed by atoms with Crippen LogP contribution in [-0.4, -0.2) is 28.7 Å². The number of nitrogens with zero attached hydrogens (tertiary/aromatic N) is 2. The number of benzene rings is 5. The zero-order valence-electron chi connectivity index (χ0n) is 25.9. The maximum absolute atomic E-state index is 14.4. The second-order valence-corrected chi connectivity index (χ2v) is 13.9. The Morgan fingerprint density at radius 2 is 0.913 bits per heavy atom. The fourth-order valence-corrected chi connectivity index (χ4v) is 7.50. The van der Waals surface area contributed by atoms with Crippen LogP contribution in [0.4, 0.5) is 0 Å². The summed E-state index contributed by atoms with van der Waals surface area (Å²) in [6, 6.07) is 43.2. The summed E-state index contributed by atoms with van der Waals surface area (Å²) in [5.41, 5.74) is 7.38. The van der Waals surface area contributed by atoms with Crippen LogP contribution < -0.4 is 0 Å². The lowest BCUT2D eigenvalue weighted by Crippen LogP contribution is -2.28. The molecule has 4 nitrogen and oxygen atoms in total. The molecule has 2 heterocycles. The van der Waals surface area contributed by atoms with Crippen molar-refractivity contribution in [3.63, 3.8) is 0 Å². The Bertz CT molecular complexity index is 2000. The number of aryl methyl sites for hydroxylation is 2. The van der Waals surface area contributed by atoms with Gasteiger partial charge < -0.3 is 9.80 Å². The van der Waals surface area contributed by atoms with Gasteiger partial charge in [-0.25, -0.2) is 0 Å². The molecular weight excluding hydrogens is 605 g/mol. The lowest BCUT2D eigenvalue weighted by Gasteiger charge is -2.24. The van der Waals surface area contributed by atoms with E-state index < -0.39 is 0 Å². The molecule has 0 saturated heterocycles. The minimum absolute atomic E-state index is 0.155. The van der Waals surface area contributed by atoms with Crippen molar-refractivity contribution in [2.45, 2.75) is 40.0 Å². The molecule has 0 aromatic heterocycles. The first kappa shape index (κ1) is 29.9. The zero-order chi connectivity index (χ0) is 31.8. The van der Waals surface area contributed by atoms with E-state index >= 15 is 0 Å². The summed E-state index contributed by atoms with van der Waals surface area (Å²) in [4.78, 5) is 36.3. The van der Waals surface area contributed by atoms with Crippen molar-refractivity contribution in [1.29, 1.82) is 0 Å². The summed E-state index contributed by atoms with van der Waals surface area (Å²) in [6.45, 7) is 4.54. The van der Waals surface area contributed by atoms with Gasteiger partial charge in [0.1, 0.15) is 0 Å². The number of likely N-dealkylation sites (N-methyl/N-ethyl adjacent to an activating group) is 1. The number of carbonyl (C=O) groups excluding carboxylic acids is 2. The normalized spacial score (nSPS) is 14.5. The van der Waals surface area contributed by atoms with Crippen molar-refractivity contribution in [3.05, 3.63) is 166 Å². The van der Waals surface area contributed by atoms with Gasteiger partial charge in [0, 0.05) is 26.6 Å². The molecule has 226 valence electrons. The number of carbonyl (C=O) groups is 2. The van der Waals surface area contributed by atoms with Gasteiger partial charge in [-0.2, -0.15) is 0 Å². The van der Waals surface area contributed by atoms with Gasteiger partial charge >= 0.3 is 0 Å². The van der Waals surface area contributed by atoms with Crippen molar-refractivity contribution in [3.8, 4) is 0 Å². The Morgan fingerprint density at radius 1 is 0.500 bits per heavy atom. The van der Waals surface area contributed by atoms with Crippen LogP contribution in [0.25, 0.3) is 11.4 Å². The number of fused-ring (bicyclic) bond motifs is 1. The van der Waals surface area contributed by atoms with Gasteiger partial charge in [0.25, 0.3) is 11.8 Å². The minimum atomic E-state index is -0.167. The highest BCUT2D eigenvalue weighted by Crippen LogP contribution is 2.47. The third kappa shape index (κ3) is 5.82. The van der Waals surface area contributed by atoms with Gasteiger partial charge in [0.05, 0.1) is 29.1 Å². The minimum Gasteiger partial charge on any atom is -0.310 e.